The Balaban J connectivity index is 1.99. The van der Waals surface area contributed by atoms with Crippen LogP contribution in [0.2, 0.25) is 0 Å². The van der Waals surface area contributed by atoms with Gasteiger partial charge in [-0.05, 0) is 58.2 Å². The lowest BCUT2D eigenvalue weighted by atomic mass is 9.76. The van der Waals surface area contributed by atoms with Crippen molar-refractivity contribution in [1.29, 1.82) is 0 Å². The van der Waals surface area contributed by atoms with Gasteiger partial charge in [0.25, 0.3) is 0 Å². The predicted octanol–water partition coefficient (Wildman–Crippen LogP) is 0.869. The minimum absolute atomic E-state index is 0.117. The number of carbonyl (C=O) groups is 1. The SMILES string of the molecule is COC(=O)C1(C)CC(C2CCN(C)C2)CCN1. The Morgan fingerprint density at radius 1 is 1.41 bits per heavy atom. The standard InChI is InChI=1S/C13H24N2O2/c1-13(12(16)17-3)8-10(4-6-14-13)11-5-7-15(2)9-11/h10-11,14H,4-9H2,1-3H3. The summed E-state index contributed by atoms with van der Waals surface area (Å²) in [5.74, 6) is 1.30. The Labute approximate surface area is 104 Å². The Bertz CT molecular complexity index is 295. The van der Waals surface area contributed by atoms with Crippen molar-refractivity contribution in [2.45, 2.75) is 31.7 Å². The first-order valence-corrected chi connectivity index (χ1v) is 6.57. The van der Waals surface area contributed by atoms with Crippen LogP contribution in [-0.4, -0.2) is 50.2 Å². The van der Waals surface area contributed by atoms with Crippen LogP contribution < -0.4 is 5.32 Å². The molecule has 4 heteroatoms. The monoisotopic (exact) mass is 240 g/mol. The fraction of sp³-hybridized carbons (Fsp3) is 0.923. The van der Waals surface area contributed by atoms with Crippen LogP contribution in [-0.2, 0) is 9.53 Å². The fourth-order valence-corrected chi connectivity index (χ4v) is 3.37. The van der Waals surface area contributed by atoms with Crippen LogP contribution >= 0.6 is 0 Å². The number of rotatable bonds is 2. The molecule has 0 amide bonds. The van der Waals surface area contributed by atoms with Gasteiger partial charge in [-0.2, -0.15) is 0 Å². The maximum Gasteiger partial charge on any atom is 0.325 e. The van der Waals surface area contributed by atoms with Crippen LogP contribution in [0.3, 0.4) is 0 Å². The van der Waals surface area contributed by atoms with E-state index in [2.05, 4.69) is 17.3 Å². The van der Waals surface area contributed by atoms with Crippen LogP contribution in [0.1, 0.15) is 26.2 Å². The first-order valence-electron chi connectivity index (χ1n) is 6.57. The summed E-state index contributed by atoms with van der Waals surface area (Å²) in [7, 11) is 3.66. The summed E-state index contributed by atoms with van der Waals surface area (Å²) in [4.78, 5) is 14.2. The molecule has 2 fully saturated rings. The van der Waals surface area contributed by atoms with E-state index in [9.17, 15) is 4.79 Å². The van der Waals surface area contributed by atoms with Crippen LogP contribution in [0.15, 0.2) is 0 Å². The molecule has 0 saturated carbocycles. The van der Waals surface area contributed by atoms with Gasteiger partial charge in [0.05, 0.1) is 7.11 Å². The lowest BCUT2D eigenvalue weighted by Crippen LogP contribution is -2.55. The summed E-state index contributed by atoms with van der Waals surface area (Å²) in [5, 5.41) is 3.32. The molecule has 4 nitrogen and oxygen atoms in total. The topological polar surface area (TPSA) is 41.6 Å². The van der Waals surface area contributed by atoms with Gasteiger partial charge < -0.3 is 15.0 Å². The molecule has 98 valence electrons. The van der Waals surface area contributed by atoms with Crippen LogP contribution in [0.25, 0.3) is 0 Å². The van der Waals surface area contributed by atoms with Crippen molar-refractivity contribution in [3.05, 3.63) is 0 Å². The van der Waals surface area contributed by atoms with Crippen molar-refractivity contribution in [3.63, 3.8) is 0 Å². The first kappa shape index (κ1) is 12.8. The van der Waals surface area contributed by atoms with E-state index in [0.29, 0.717) is 5.92 Å². The third-order valence-electron chi connectivity index (χ3n) is 4.43. The van der Waals surface area contributed by atoms with Gasteiger partial charge in [0.15, 0.2) is 0 Å². The number of esters is 1. The lowest BCUT2D eigenvalue weighted by molar-refractivity contribution is -0.149. The van der Waals surface area contributed by atoms with Crippen LogP contribution in [0, 0.1) is 11.8 Å². The number of hydrogen-bond acceptors (Lipinski definition) is 4. The second kappa shape index (κ2) is 4.94. The van der Waals surface area contributed by atoms with Gasteiger partial charge in [-0.15, -0.1) is 0 Å². The molecule has 3 unspecified atom stereocenters. The quantitative estimate of drug-likeness (QED) is 0.727. The van der Waals surface area contributed by atoms with E-state index < -0.39 is 5.54 Å². The highest BCUT2D eigenvalue weighted by Gasteiger charge is 2.42. The summed E-state index contributed by atoms with van der Waals surface area (Å²) in [6.07, 6.45) is 3.38. The van der Waals surface area contributed by atoms with E-state index in [0.717, 1.165) is 18.9 Å². The minimum atomic E-state index is -0.473. The molecule has 2 heterocycles. The highest BCUT2D eigenvalue weighted by atomic mass is 16.5. The molecule has 0 bridgehead atoms. The molecule has 2 rings (SSSR count). The van der Waals surface area contributed by atoms with E-state index in [1.54, 1.807) is 0 Å². The van der Waals surface area contributed by atoms with Crippen molar-refractivity contribution in [2.75, 3.05) is 33.8 Å². The Morgan fingerprint density at radius 3 is 2.76 bits per heavy atom. The molecule has 3 atom stereocenters. The van der Waals surface area contributed by atoms with Gasteiger partial charge in [-0.1, -0.05) is 0 Å². The number of carbonyl (C=O) groups excluding carboxylic acids is 1. The van der Waals surface area contributed by atoms with Gasteiger partial charge in [-0.3, -0.25) is 4.79 Å². The maximum atomic E-state index is 11.8. The summed E-state index contributed by atoms with van der Waals surface area (Å²) >= 11 is 0. The van der Waals surface area contributed by atoms with Crippen molar-refractivity contribution in [1.82, 2.24) is 10.2 Å². The van der Waals surface area contributed by atoms with Gasteiger partial charge in [0, 0.05) is 6.54 Å². The summed E-state index contributed by atoms with van der Waals surface area (Å²) in [6.45, 7) is 5.28. The van der Waals surface area contributed by atoms with E-state index in [-0.39, 0.29) is 5.97 Å². The smallest absolute Gasteiger partial charge is 0.325 e. The van der Waals surface area contributed by atoms with Gasteiger partial charge in [0.1, 0.15) is 5.54 Å². The molecule has 0 aromatic rings. The molecular weight excluding hydrogens is 216 g/mol. The van der Waals surface area contributed by atoms with Crippen molar-refractivity contribution in [2.24, 2.45) is 11.8 Å². The molecule has 2 saturated heterocycles. The van der Waals surface area contributed by atoms with Crippen LogP contribution in [0.4, 0.5) is 0 Å². The van der Waals surface area contributed by atoms with Gasteiger partial charge in [-0.25, -0.2) is 0 Å². The molecule has 0 aromatic heterocycles. The largest absolute Gasteiger partial charge is 0.468 e. The average molecular weight is 240 g/mol. The van der Waals surface area contributed by atoms with Crippen molar-refractivity contribution >= 4 is 5.97 Å². The van der Waals surface area contributed by atoms with Crippen molar-refractivity contribution < 1.29 is 9.53 Å². The highest BCUT2D eigenvalue weighted by molar-refractivity contribution is 5.80. The summed E-state index contributed by atoms with van der Waals surface area (Å²) in [6, 6.07) is 0. The fourth-order valence-electron chi connectivity index (χ4n) is 3.37. The Morgan fingerprint density at radius 2 is 2.18 bits per heavy atom. The molecule has 0 aromatic carbocycles. The van der Waals surface area contributed by atoms with Gasteiger partial charge in [0.2, 0.25) is 0 Å². The lowest BCUT2D eigenvalue weighted by Gasteiger charge is -2.39. The zero-order valence-corrected chi connectivity index (χ0v) is 11.2. The zero-order chi connectivity index (χ0) is 12.5. The predicted molar refractivity (Wildman–Crippen MR) is 66.8 cm³/mol. The minimum Gasteiger partial charge on any atom is -0.468 e. The normalized spacial score (nSPS) is 39.2. The van der Waals surface area contributed by atoms with Crippen LogP contribution in [0.5, 0.6) is 0 Å². The number of likely N-dealkylation sites (tertiary alicyclic amines) is 1. The second-order valence-electron chi connectivity index (χ2n) is 5.81. The third kappa shape index (κ3) is 2.63. The van der Waals surface area contributed by atoms with E-state index in [1.807, 2.05) is 6.92 Å². The number of methoxy groups -OCH3 is 1. The maximum absolute atomic E-state index is 11.8. The van der Waals surface area contributed by atoms with Gasteiger partial charge >= 0.3 is 5.97 Å². The Kier molecular flexibility index (Phi) is 3.73. The molecule has 0 spiro atoms. The van der Waals surface area contributed by atoms with E-state index in [1.165, 1.54) is 33.0 Å². The molecular formula is C13H24N2O2. The average Bonchev–Trinajstić information content (AvgIpc) is 2.75. The number of hydrogen-bond donors (Lipinski definition) is 1. The Hall–Kier alpha value is -0.610. The third-order valence-corrected chi connectivity index (χ3v) is 4.43. The molecule has 1 N–H and O–H groups in total. The second-order valence-corrected chi connectivity index (χ2v) is 5.81. The molecule has 0 radical (unpaired) electrons. The highest BCUT2D eigenvalue weighted by Crippen LogP contribution is 2.35. The number of nitrogens with one attached hydrogen (secondary N) is 1. The van der Waals surface area contributed by atoms with Crippen molar-refractivity contribution in [3.8, 4) is 0 Å². The van der Waals surface area contributed by atoms with E-state index in [4.69, 9.17) is 4.74 Å². The number of ether oxygens (including phenoxy) is 1. The number of nitrogens with zero attached hydrogens (tertiary/aromatic N) is 1. The molecule has 0 aliphatic carbocycles. The first-order chi connectivity index (χ1) is 8.05. The number of piperidine rings is 1. The molecule has 17 heavy (non-hydrogen) atoms. The zero-order valence-electron chi connectivity index (χ0n) is 11.2. The molecule has 2 aliphatic heterocycles. The summed E-state index contributed by atoms with van der Waals surface area (Å²) < 4.78 is 4.91. The molecule has 2 aliphatic rings. The van der Waals surface area contributed by atoms with E-state index >= 15 is 0 Å². The summed E-state index contributed by atoms with van der Waals surface area (Å²) in [5.41, 5.74) is -0.473.